The topological polar surface area (TPSA) is 48.4 Å². The summed E-state index contributed by atoms with van der Waals surface area (Å²) in [6, 6.07) is 0. The van der Waals surface area contributed by atoms with Gasteiger partial charge in [0, 0.05) is 5.56 Å². The van der Waals surface area contributed by atoms with E-state index in [0.717, 1.165) is 0 Å². The van der Waals surface area contributed by atoms with Crippen LogP contribution in [0, 0.1) is 0 Å². The van der Waals surface area contributed by atoms with Gasteiger partial charge in [-0.05, 0) is 6.92 Å². The average Bonchev–Trinajstić information content (AvgIpc) is 2.37. The smallest absolute Gasteiger partial charge is 0.466 e. The van der Waals surface area contributed by atoms with Crippen molar-refractivity contribution in [1.29, 1.82) is 0 Å². The Morgan fingerprint density at radius 2 is 1.87 bits per heavy atom. The fourth-order valence-electron chi connectivity index (χ4n) is 1.76. The molecule has 0 spiro atoms. The maximum atomic E-state index is 13.2. The molecule has 0 saturated heterocycles. The van der Waals surface area contributed by atoms with Gasteiger partial charge < -0.3 is 9.47 Å². The second-order valence-corrected chi connectivity index (χ2v) is 4.35. The van der Waals surface area contributed by atoms with Crippen LogP contribution in [0.5, 0.6) is 5.75 Å². The Kier molecular flexibility index (Phi) is 6.09. The summed E-state index contributed by atoms with van der Waals surface area (Å²) in [6.07, 6.45) is -11.0. The summed E-state index contributed by atoms with van der Waals surface area (Å²) < 4.78 is 84.5. The van der Waals surface area contributed by atoms with Gasteiger partial charge in [-0.3, -0.25) is 9.78 Å². The minimum Gasteiger partial charge on any atom is -0.466 e. The number of pyridine rings is 1. The predicted octanol–water partition coefficient (Wildman–Crippen LogP) is 3.84. The van der Waals surface area contributed by atoms with E-state index in [-0.39, 0.29) is 6.61 Å². The van der Waals surface area contributed by atoms with Crippen LogP contribution in [-0.4, -0.2) is 23.9 Å². The van der Waals surface area contributed by atoms with Gasteiger partial charge in [-0.1, -0.05) is 0 Å². The number of rotatable bonds is 5. The number of carbonyl (C=O) groups excluding carboxylic acids is 1. The van der Waals surface area contributed by atoms with Crippen molar-refractivity contribution in [2.45, 2.75) is 31.8 Å². The first-order valence-electron chi connectivity index (χ1n) is 6.04. The van der Waals surface area contributed by atoms with Crippen molar-refractivity contribution in [2.75, 3.05) is 6.61 Å². The summed E-state index contributed by atoms with van der Waals surface area (Å²) in [5.41, 5.74) is -3.28. The second kappa shape index (κ2) is 7.24. The summed E-state index contributed by atoms with van der Waals surface area (Å²) in [5.74, 6) is -3.08. The number of ether oxygens (including phenoxy) is 2. The van der Waals surface area contributed by atoms with Gasteiger partial charge in [0.25, 0.3) is 0 Å². The molecule has 0 unspecified atom stereocenters. The number of alkyl halides is 7. The first kappa shape index (κ1) is 19.3. The number of carbonyl (C=O) groups is 1. The third kappa shape index (κ3) is 5.45. The molecule has 1 heterocycles. The number of hydrogen-bond donors (Lipinski definition) is 0. The number of hydrogen-bond acceptors (Lipinski definition) is 4. The van der Waals surface area contributed by atoms with Crippen LogP contribution in [0.3, 0.4) is 0 Å². The van der Waals surface area contributed by atoms with Crippen LogP contribution >= 0.6 is 11.6 Å². The van der Waals surface area contributed by atoms with Crippen LogP contribution in [0.1, 0.15) is 23.7 Å². The molecule has 4 nitrogen and oxygen atoms in total. The van der Waals surface area contributed by atoms with E-state index in [1.807, 2.05) is 0 Å². The van der Waals surface area contributed by atoms with Crippen LogP contribution in [0.15, 0.2) is 6.20 Å². The molecule has 0 aromatic carbocycles. The van der Waals surface area contributed by atoms with E-state index in [0.29, 0.717) is 6.20 Å². The molecule has 130 valence electrons. The zero-order valence-electron chi connectivity index (χ0n) is 11.5. The molecule has 1 rings (SSSR count). The maximum absolute atomic E-state index is 13.2. The van der Waals surface area contributed by atoms with Crippen molar-refractivity contribution < 1.29 is 40.6 Å². The second-order valence-electron chi connectivity index (χ2n) is 4.08. The molecule has 0 radical (unpaired) electrons. The minimum atomic E-state index is -5.25. The molecule has 0 bridgehead atoms. The summed E-state index contributed by atoms with van der Waals surface area (Å²) in [6.45, 7) is 1.25. The van der Waals surface area contributed by atoms with E-state index in [1.165, 1.54) is 6.92 Å². The van der Waals surface area contributed by atoms with Gasteiger partial charge in [0.15, 0.2) is 5.75 Å². The molecule has 0 N–H and O–H groups in total. The summed E-state index contributed by atoms with van der Waals surface area (Å²) in [5, 5.41) is 0. The highest BCUT2D eigenvalue weighted by atomic mass is 35.5. The Balaban J connectivity index is 3.49. The fourth-order valence-corrected chi connectivity index (χ4v) is 1.96. The molecule has 0 aliphatic carbocycles. The van der Waals surface area contributed by atoms with Gasteiger partial charge in [0.2, 0.25) is 0 Å². The lowest BCUT2D eigenvalue weighted by Gasteiger charge is -2.19. The van der Waals surface area contributed by atoms with Gasteiger partial charge in [-0.25, -0.2) is 0 Å². The van der Waals surface area contributed by atoms with E-state index in [1.54, 1.807) is 0 Å². The van der Waals surface area contributed by atoms with Gasteiger partial charge in [0.05, 0.1) is 36.4 Å². The van der Waals surface area contributed by atoms with Gasteiger partial charge in [-0.15, -0.1) is 24.8 Å². The lowest BCUT2D eigenvalue weighted by atomic mass is 10.0. The molecule has 1 aromatic rings. The van der Waals surface area contributed by atoms with E-state index >= 15 is 0 Å². The van der Waals surface area contributed by atoms with Crippen molar-refractivity contribution >= 4 is 17.6 Å². The molecular formula is C12H10ClF6NO3. The third-order valence-electron chi connectivity index (χ3n) is 2.49. The standard InChI is InChI=1S/C12H10ClF6NO3/c1-2-22-9(21)3-6-8(23-12(17,18)19)5-20-7(4-13)10(6)11(14,15)16/h5H,2-4H2,1H3. The first-order chi connectivity index (χ1) is 10.5. The zero-order chi connectivity index (χ0) is 17.8. The molecular weight excluding hydrogens is 356 g/mol. The van der Waals surface area contributed by atoms with Crippen LogP contribution in [0.2, 0.25) is 0 Å². The lowest BCUT2D eigenvalue weighted by Crippen LogP contribution is -2.23. The Morgan fingerprint density at radius 1 is 1.26 bits per heavy atom. The van der Waals surface area contributed by atoms with Gasteiger partial charge >= 0.3 is 18.5 Å². The van der Waals surface area contributed by atoms with Crippen LogP contribution in [0.4, 0.5) is 26.3 Å². The van der Waals surface area contributed by atoms with Gasteiger partial charge in [0.1, 0.15) is 0 Å². The number of esters is 1. The summed E-state index contributed by atoms with van der Waals surface area (Å²) >= 11 is 5.35. The van der Waals surface area contributed by atoms with Crippen LogP contribution < -0.4 is 4.74 Å². The molecule has 1 aromatic heterocycles. The predicted molar refractivity (Wildman–Crippen MR) is 65.8 cm³/mol. The minimum absolute atomic E-state index is 0.150. The Bertz CT molecular complexity index is 573. The highest BCUT2D eigenvalue weighted by molar-refractivity contribution is 6.17. The maximum Gasteiger partial charge on any atom is 0.573 e. The zero-order valence-corrected chi connectivity index (χ0v) is 12.3. The summed E-state index contributed by atoms with van der Waals surface area (Å²) in [4.78, 5) is 14.7. The molecule has 0 atom stereocenters. The first-order valence-corrected chi connectivity index (χ1v) is 6.58. The Hall–Kier alpha value is -1.71. The Morgan fingerprint density at radius 3 is 2.30 bits per heavy atom. The normalized spacial score (nSPS) is 12.2. The molecule has 0 saturated carbocycles. The largest absolute Gasteiger partial charge is 0.573 e. The Labute approximate surface area is 131 Å². The fraction of sp³-hybridized carbons (Fsp3) is 0.500. The highest BCUT2D eigenvalue weighted by Crippen LogP contribution is 2.40. The van der Waals surface area contributed by atoms with Crippen LogP contribution in [-0.2, 0) is 28.0 Å². The number of aromatic nitrogens is 1. The molecule has 11 heteroatoms. The van der Waals surface area contributed by atoms with Gasteiger partial charge in [-0.2, -0.15) is 13.2 Å². The molecule has 23 heavy (non-hydrogen) atoms. The number of nitrogens with zero attached hydrogens (tertiary/aromatic N) is 1. The van der Waals surface area contributed by atoms with E-state index < -0.39 is 53.4 Å². The molecule has 0 fully saturated rings. The van der Waals surface area contributed by atoms with Crippen molar-refractivity contribution in [3.8, 4) is 5.75 Å². The summed E-state index contributed by atoms with van der Waals surface area (Å²) in [7, 11) is 0. The van der Waals surface area contributed by atoms with Crippen molar-refractivity contribution in [3.63, 3.8) is 0 Å². The number of halogens is 7. The average molecular weight is 366 g/mol. The van der Waals surface area contributed by atoms with E-state index in [4.69, 9.17) is 11.6 Å². The highest BCUT2D eigenvalue weighted by Gasteiger charge is 2.41. The SMILES string of the molecule is CCOC(=O)Cc1c(OC(F)(F)F)cnc(CCl)c1C(F)(F)F. The monoisotopic (exact) mass is 365 g/mol. The molecule has 0 aliphatic rings. The third-order valence-corrected chi connectivity index (χ3v) is 2.74. The van der Waals surface area contributed by atoms with E-state index in [9.17, 15) is 31.1 Å². The quantitative estimate of drug-likeness (QED) is 0.452. The van der Waals surface area contributed by atoms with Crippen LogP contribution in [0.25, 0.3) is 0 Å². The molecule has 0 aliphatic heterocycles. The van der Waals surface area contributed by atoms with Crippen molar-refractivity contribution in [1.82, 2.24) is 4.98 Å². The lowest BCUT2D eigenvalue weighted by molar-refractivity contribution is -0.275. The molecule has 0 amide bonds. The van der Waals surface area contributed by atoms with Crippen molar-refractivity contribution in [2.24, 2.45) is 0 Å². The van der Waals surface area contributed by atoms with E-state index in [2.05, 4.69) is 14.5 Å². The van der Waals surface area contributed by atoms with Crippen molar-refractivity contribution in [3.05, 3.63) is 23.0 Å².